The smallest absolute Gasteiger partial charge is 0.313 e. The number of hydrogen-bond donors (Lipinski definition) is 0. The summed E-state index contributed by atoms with van der Waals surface area (Å²) in [7, 11) is 3.16. The Morgan fingerprint density at radius 2 is 1.74 bits per heavy atom. The molecule has 1 aliphatic rings. The number of aryl methyl sites for hydroxylation is 2. The van der Waals surface area contributed by atoms with Gasteiger partial charge in [-0.2, -0.15) is 4.98 Å². The largest absolute Gasteiger partial charge is 0.332 e. The number of nitrogens with zero attached hydrogens (tertiary/aromatic N) is 6. The molecule has 4 rings (SSSR count). The quantitative estimate of drug-likeness (QED) is 0.687. The van der Waals surface area contributed by atoms with Gasteiger partial charge in [0.25, 0.3) is 5.56 Å². The van der Waals surface area contributed by atoms with Gasteiger partial charge in [-0.05, 0) is 25.2 Å². The van der Waals surface area contributed by atoms with Gasteiger partial charge in [0.15, 0.2) is 11.2 Å². The van der Waals surface area contributed by atoms with E-state index in [1.807, 2.05) is 17.5 Å². The maximum absolute atomic E-state index is 12.6. The van der Waals surface area contributed by atoms with Gasteiger partial charge in [-0.3, -0.25) is 18.3 Å². The van der Waals surface area contributed by atoms with Gasteiger partial charge in [0.05, 0.1) is 0 Å². The molecule has 0 unspecified atom stereocenters. The van der Waals surface area contributed by atoms with Crippen LogP contribution in [0.15, 0.2) is 15.8 Å². The molecule has 1 saturated heterocycles. The van der Waals surface area contributed by atoms with Gasteiger partial charge >= 0.3 is 5.69 Å². The van der Waals surface area contributed by atoms with Crippen LogP contribution in [0.5, 0.6) is 0 Å². The lowest BCUT2D eigenvalue weighted by Gasteiger charge is -2.35. The second-order valence-electron chi connectivity index (χ2n) is 8.29. The Balaban J connectivity index is 1.75. The Kier molecular flexibility index (Phi) is 4.25. The van der Waals surface area contributed by atoms with Crippen LogP contribution in [0.3, 0.4) is 0 Å². The number of aromatic nitrogens is 5. The number of fused-ring (bicyclic) bond motifs is 3. The van der Waals surface area contributed by atoms with Crippen molar-refractivity contribution in [2.24, 2.45) is 25.9 Å². The van der Waals surface area contributed by atoms with Crippen LogP contribution in [0.25, 0.3) is 16.9 Å². The molecule has 0 saturated carbocycles. The lowest BCUT2D eigenvalue weighted by atomic mass is 9.92. The summed E-state index contributed by atoms with van der Waals surface area (Å²) in [5.41, 5.74) is 1.29. The number of piperidine rings is 1. The zero-order chi connectivity index (χ0) is 19.5. The first-order valence-electron chi connectivity index (χ1n) is 9.64. The minimum absolute atomic E-state index is 0.309. The van der Waals surface area contributed by atoms with Crippen LogP contribution >= 0.6 is 0 Å². The fraction of sp³-hybridized carbons (Fsp3) is 0.632. The molecule has 1 aliphatic heterocycles. The van der Waals surface area contributed by atoms with Crippen LogP contribution in [0.1, 0.15) is 26.0 Å². The van der Waals surface area contributed by atoms with E-state index in [0.717, 1.165) is 54.1 Å². The standard InChI is InChI=1S/C19H28N6O2/c1-12-8-13(2)10-23(9-12)6-7-24-14(3)11-25-15-16(20-18(24)25)21(4)19(27)22(5)17(15)26/h11-13H,6-10H2,1-5H3/t12-,13-/m1/s1. The molecule has 3 aromatic heterocycles. The Bertz CT molecular complexity index is 1120. The van der Waals surface area contributed by atoms with Crippen LogP contribution < -0.4 is 11.2 Å². The molecule has 0 bridgehead atoms. The molecule has 0 N–H and O–H groups in total. The van der Waals surface area contributed by atoms with Crippen LogP contribution in [-0.2, 0) is 20.6 Å². The monoisotopic (exact) mass is 372 g/mol. The predicted octanol–water partition coefficient (Wildman–Crippen LogP) is 0.973. The van der Waals surface area contributed by atoms with Crippen LogP contribution in [-0.4, -0.2) is 47.6 Å². The molecule has 0 radical (unpaired) electrons. The fourth-order valence-corrected chi connectivity index (χ4v) is 4.62. The highest BCUT2D eigenvalue weighted by Crippen LogP contribution is 2.21. The van der Waals surface area contributed by atoms with Crippen molar-refractivity contribution >= 4 is 16.9 Å². The minimum atomic E-state index is -0.354. The van der Waals surface area contributed by atoms with Gasteiger partial charge in [0, 0.05) is 52.2 Å². The predicted molar refractivity (Wildman–Crippen MR) is 105 cm³/mol. The third-order valence-corrected chi connectivity index (χ3v) is 5.84. The van der Waals surface area contributed by atoms with Crippen molar-refractivity contribution < 1.29 is 0 Å². The Morgan fingerprint density at radius 1 is 1.07 bits per heavy atom. The molecule has 27 heavy (non-hydrogen) atoms. The Labute approximate surface area is 157 Å². The second kappa shape index (κ2) is 6.37. The second-order valence-corrected chi connectivity index (χ2v) is 8.29. The summed E-state index contributed by atoms with van der Waals surface area (Å²) < 4.78 is 6.55. The Morgan fingerprint density at radius 3 is 2.41 bits per heavy atom. The molecule has 0 aromatic carbocycles. The number of likely N-dealkylation sites (tertiary alicyclic amines) is 1. The zero-order valence-corrected chi connectivity index (χ0v) is 16.8. The SMILES string of the molecule is Cc1cn2c3c(=O)n(C)c(=O)n(C)c3nc2n1CCN1C[C@H](C)C[C@@H](C)C1. The van der Waals surface area contributed by atoms with Gasteiger partial charge in [-0.25, -0.2) is 4.79 Å². The van der Waals surface area contributed by atoms with E-state index in [2.05, 4.69) is 28.3 Å². The summed E-state index contributed by atoms with van der Waals surface area (Å²) in [5, 5.41) is 0. The van der Waals surface area contributed by atoms with Gasteiger partial charge < -0.3 is 9.47 Å². The molecule has 8 nitrogen and oxygen atoms in total. The van der Waals surface area contributed by atoms with Crippen molar-refractivity contribution in [3.63, 3.8) is 0 Å². The van der Waals surface area contributed by atoms with Gasteiger partial charge in [0.2, 0.25) is 5.78 Å². The normalized spacial score (nSPS) is 21.5. The summed E-state index contributed by atoms with van der Waals surface area (Å²) in [6, 6.07) is 0. The number of imidazole rings is 2. The van der Waals surface area contributed by atoms with E-state index in [1.54, 1.807) is 7.05 Å². The van der Waals surface area contributed by atoms with Crippen molar-refractivity contribution in [2.45, 2.75) is 33.7 Å². The number of hydrogen-bond acceptors (Lipinski definition) is 4. The molecule has 146 valence electrons. The molecule has 2 atom stereocenters. The number of rotatable bonds is 3. The fourth-order valence-electron chi connectivity index (χ4n) is 4.62. The first-order chi connectivity index (χ1) is 12.8. The topological polar surface area (TPSA) is 69.5 Å². The summed E-state index contributed by atoms with van der Waals surface area (Å²) >= 11 is 0. The van der Waals surface area contributed by atoms with Crippen molar-refractivity contribution in [2.75, 3.05) is 19.6 Å². The van der Waals surface area contributed by atoms with Gasteiger partial charge in [-0.15, -0.1) is 0 Å². The molecule has 0 amide bonds. The van der Waals surface area contributed by atoms with Crippen molar-refractivity contribution in [1.29, 1.82) is 0 Å². The van der Waals surface area contributed by atoms with E-state index in [4.69, 9.17) is 0 Å². The summed E-state index contributed by atoms with van der Waals surface area (Å²) in [6.45, 7) is 10.7. The minimum Gasteiger partial charge on any atom is -0.313 e. The maximum atomic E-state index is 12.6. The van der Waals surface area contributed by atoms with E-state index in [-0.39, 0.29) is 11.2 Å². The third-order valence-electron chi connectivity index (χ3n) is 5.84. The van der Waals surface area contributed by atoms with Gasteiger partial charge in [-0.1, -0.05) is 13.8 Å². The third kappa shape index (κ3) is 2.82. The van der Waals surface area contributed by atoms with E-state index < -0.39 is 0 Å². The summed E-state index contributed by atoms with van der Waals surface area (Å²) in [6.07, 6.45) is 3.24. The zero-order valence-electron chi connectivity index (χ0n) is 16.8. The molecule has 1 fully saturated rings. The molecular weight excluding hydrogens is 344 g/mol. The summed E-state index contributed by atoms with van der Waals surface area (Å²) in [4.78, 5) is 32.0. The molecular formula is C19H28N6O2. The van der Waals surface area contributed by atoms with Crippen LogP contribution in [0.2, 0.25) is 0 Å². The first kappa shape index (κ1) is 18.0. The highest BCUT2D eigenvalue weighted by atomic mass is 16.2. The van der Waals surface area contributed by atoms with Crippen LogP contribution in [0, 0.1) is 18.8 Å². The molecule has 8 heteroatoms. The van der Waals surface area contributed by atoms with Crippen molar-refractivity contribution in [1.82, 2.24) is 28.0 Å². The highest BCUT2D eigenvalue weighted by molar-refractivity contribution is 5.75. The first-order valence-corrected chi connectivity index (χ1v) is 9.64. The molecule has 4 heterocycles. The highest BCUT2D eigenvalue weighted by Gasteiger charge is 2.23. The van der Waals surface area contributed by atoms with E-state index in [1.165, 1.54) is 18.0 Å². The lowest BCUT2D eigenvalue weighted by molar-refractivity contribution is 0.137. The van der Waals surface area contributed by atoms with Crippen molar-refractivity contribution in [3.05, 3.63) is 32.7 Å². The van der Waals surface area contributed by atoms with E-state index in [9.17, 15) is 9.59 Å². The molecule has 0 spiro atoms. The average molecular weight is 372 g/mol. The Hall–Kier alpha value is -2.35. The molecule has 3 aromatic rings. The average Bonchev–Trinajstić information content (AvgIpc) is 3.10. The van der Waals surface area contributed by atoms with Crippen molar-refractivity contribution in [3.8, 4) is 0 Å². The maximum Gasteiger partial charge on any atom is 0.332 e. The lowest BCUT2D eigenvalue weighted by Crippen LogP contribution is -2.40. The van der Waals surface area contributed by atoms with E-state index in [0.29, 0.717) is 11.2 Å². The molecule has 0 aliphatic carbocycles. The van der Waals surface area contributed by atoms with E-state index >= 15 is 0 Å². The van der Waals surface area contributed by atoms with Gasteiger partial charge in [0.1, 0.15) is 0 Å². The summed E-state index contributed by atoms with van der Waals surface area (Å²) in [5.74, 6) is 2.18. The van der Waals surface area contributed by atoms with Crippen LogP contribution in [0.4, 0.5) is 0 Å².